The summed E-state index contributed by atoms with van der Waals surface area (Å²) in [7, 11) is 0. The summed E-state index contributed by atoms with van der Waals surface area (Å²) in [6.45, 7) is -0.0229. The van der Waals surface area contributed by atoms with Gasteiger partial charge in [-0.3, -0.25) is 14.4 Å². The number of carbonyl (C=O) groups excluding carboxylic acids is 2. The van der Waals surface area contributed by atoms with Crippen molar-refractivity contribution >= 4 is 34.1 Å². The Morgan fingerprint density at radius 1 is 0.946 bits per heavy atom. The molecule has 0 spiro atoms. The van der Waals surface area contributed by atoms with Crippen LogP contribution >= 0.6 is 0 Å². The third-order valence-corrected chi connectivity index (χ3v) is 6.19. The van der Waals surface area contributed by atoms with Gasteiger partial charge in [-0.25, -0.2) is 4.99 Å². The predicted molar refractivity (Wildman–Crippen MR) is 139 cm³/mol. The minimum atomic E-state index is -1.23. The van der Waals surface area contributed by atoms with Gasteiger partial charge in [-0.2, -0.15) is 5.16 Å². The molecule has 1 atom stereocenters. The fraction of sp³-hybridized carbons (Fsp3) is 0.0714. The van der Waals surface area contributed by atoms with Crippen LogP contribution in [0.5, 0.6) is 0 Å². The molecule has 0 saturated heterocycles. The minimum absolute atomic E-state index is 0.0229. The molecule has 0 aliphatic carbocycles. The van der Waals surface area contributed by atoms with Gasteiger partial charge < -0.3 is 19.7 Å². The Bertz CT molecular complexity index is 1680. The zero-order chi connectivity index (χ0) is 25.4. The minimum Gasteiger partial charge on any atom is -0.382 e. The fourth-order valence-corrected chi connectivity index (χ4v) is 4.46. The van der Waals surface area contributed by atoms with Gasteiger partial charge in [0.25, 0.3) is 17.4 Å². The monoisotopic (exact) mass is 491 g/mol. The molecule has 3 aromatic carbocycles. The summed E-state index contributed by atoms with van der Waals surface area (Å²) < 4.78 is 5.24. The van der Waals surface area contributed by atoms with Gasteiger partial charge >= 0.3 is 0 Å². The largest absolute Gasteiger partial charge is 0.382 e. The molecule has 0 fully saturated rings. The van der Waals surface area contributed by atoms with Crippen LogP contribution in [0.1, 0.15) is 27.4 Å². The lowest BCUT2D eigenvalue weighted by atomic mass is 10.0. The zero-order valence-electron chi connectivity index (χ0n) is 19.5. The number of nitrogens with one attached hydrogen (secondary N) is 3. The highest BCUT2D eigenvalue weighted by Crippen LogP contribution is 2.29. The Kier molecular flexibility index (Phi) is 5.49. The lowest BCUT2D eigenvalue weighted by Gasteiger charge is -2.24. The van der Waals surface area contributed by atoms with Crippen LogP contribution in [0.3, 0.4) is 0 Å². The van der Waals surface area contributed by atoms with Crippen LogP contribution in [0, 0.1) is 0 Å². The van der Waals surface area contributed by atoms with Crippen LogP contribution in [-0.2, 0) is 11.3 Å². The van der Waals surface area contributed by atoms with E-state index in [1.165, 1.54) is 11.0 Å². The summed E-state index contributed by atoms with van der Waals surface area (Å²) >= 11 is 0. The third kappa shape index (κ3) is 4.23. The molecule has 182 valence electrons. The zero-order valence-corrected chi connectivity index (χ0v) is 19.5. The first-order valence-electron chi connectivity index (χ1n) is 11.7. The van der Waals surface area contributed by atoms with E-state index in [0.717, 1.165) is 16.5 Å². The normalized spacial score (nSPS) is 15.2. The van der Waals surface area contributed by atoms with Gasteiger partial charge in [0, 0.05) is 28.1 Å². The molecule has 9 heteroatoms. The summed E-state index contributed by atoms with van der Waals surface area (Å²) in [5.41, 5.74) is 3.37. The number of benzene rings is 3. The molecule has 37 heavy (non-hydrogen) atoms. The van der Waals surface area contributed by atoms with Crippen LogP contribution in [-0.4, -0.2) is 33.8 Å². The summed E-state index contributed by atoms with van der Waals surface area (Å²) in [6, 6.07) is 27.4. The second-order valence-electron chi connectivity index (χ2n) is 8.61. The van der Waals surface area contributed by atoms with Crippen LogP contribution in [0.2, 0.25) is 0 Å². The Morgan fingerprint density at radius 3 is 2.49 bits per heavy atom. The number of nitrogens with zero attached hydrogens (tertiary/aromatic N) is 2. The van der Waals surface area contributed by atoms with E-state index in [0.29, 0.717) is 22.7 Å². The molecule has 1 aliphatic heterocycles. The van der Waals surface area contributed by atoms with Crippen molar-refractivity contribution in [1.82, 2.24) is 15.5 Å². The lowest BCUT2D eigenvalue weighted by molar-refractivity contribution is -0.120. The quantitative estimate of drug-likeness (QED) is 0.348. The predicted octanol–water partition coefficient (Wildman–Crippen LogP) is 3.59. The van der Waals surface area contributed by atoms with Crippen LogP contribution in [0.25, 0.3) is 10.9 Å². The third-order valence-electron chi connectivity index (χ3n) is 6.19. The molecule has 0 saturated carbocycles. The Morgan fingerprint density at radius 2 is 1.70 bits per heavy atom. The van der Waals surface area contributed by atoms with Crippen molar-refractivity contribution in [3.8, 4) is 0 Å². The first kappa shape index (κ1) is 22.3. The van der Waals surface area contributed by atoms with Gasteiger partial charge in [0.1, 0.15) is 5.69 Å². The van der Waals surface area contributed by atoms with Crippen LogP contribution < -0.4 is 15.8 Å². The van der Waals surface area contributed by atoms with E-state index in [9.17, 15) is 14.4 Å². The van der Waals surface area contributed by atoms with Gasteiger partial charge in [-0.1, -0.05) is 66.7 Å². The van der Waals surface area contributed by atoms with Crippen molar-refractivity contribution < 1.29 is 14.1 Å². The molecular weight excluding hydrogens is 470 g/mol. The molecule has 2 amide bonds. The number of para-hydroxylation sites is 2. The number of aromatic nitrogens is 2. The molecule has 0 bridgehead atoms. The Labute approximate surface area is 210 Å². The second kappa shape index (κ2) is 9.12. The number of rotatable bonds is 5. The number of amides is 2. The molecular formula is C28H21N5O4. The highest BCUT2D eigenvalue weighted by atomic mass is 16.5. The smallest absolute Gasteiger partial charge is 0.280 e. The molecule has 0 radical (unpaired) electrons. The molecule has 2 aromatic heterocycles. The summed E-state index contributed by atoms with van der Waals surface area (Å²) in [4.78, 5) is 48.2. The first-order valence-corrected chi connectivity index (χ1v) is 11.7. The average molecular weight is 492 g/mol. The summed E-state index contributed by atoms with van der Waals surface area (Å²) in [5, 5.41) is 5.93. The van der Waals surface area contributed by atoms with Crippen molar-refractivity contribution in [3.63, 3.8) is 0 Å². The molecule has 0 unspecified atom stereocenters. The van der Waals surface area contributed by atoms with Crippen LogP contribution in [0.15, 0.2) is 105 Å². The van der Waals surface area contributed by atoms with E-state index in [1.54, 1.807) is 12.1 Å². The standard InChI is InChI=1S/C28H21N5O4/c34-24-15-19(37-32-24)16-33-23-13-7-5-11-20(23)25(17-8-2-1-3-9-17)30-26(28(33)36)31-27(35)22-14-18-10-4-6-12-21(18)29-22/h1-15,26,29H,16H2,(H,31,35)(H,32,34)/t26-/m1/s1. The van der Waals surface area contributed by atoms with Crippen molar-refractivity contribution in [2.75, 3.05) is 4.90 Å². The second-order valence-corrected chi connectivity index (χ2v) is 8.61. The Hall–Kier alpha value is -5.18. The molecule has 3 N–H and O–H groups in total. The number of hydrogen-bond acceptors (Lipinski definition) is 5. The summed E-state index contributed by atoms with van der Waals surface area (Å²) in [5.74, 6) is -0.659. The van der Waals surface area contributed by atoms with E-state index < -0.39 is 23.5 Å². The van der Waals surface area contributed by atoms with Crippen LogP contribution in [0.4, 0.5) is 5.69 Å². The fourth-order valence-electron chi connectivity index (χ4n) is 4.46. The van der Waals surface area contributed by atoms with Crippen molar-refractivity contribution in [2.24, 2.45) is 4.99 Å². The van der Waals surface area contributed by atoms with E-state index >= 15 is 0 Å². The van der Waals surface area contributed by atoms with Gasteiger partial charge in [-0.05, 0) is 18.2 Å². The maximum Gasteiger partial charge on any atom is 0.280 e. The van der Waals surface area contributed by atoms with Gasteiger partial charge in [0.2, 0.25) is 6.17 Å². The summed E-state index contributed by atoms with van der Waals surface area (Å²) in [6.07, 6.45) is -1.23. The highest BCUT2D eigenvalue weighted by Gasteiger charge is 2.34. The molecule has 5 aromatic rings. The number of hydrogen-bond donors (Lipinski definition) is 3. The maximum atomic E-state index is 13.9. The number of anilines is 1. The van der Waals surface area contributed by atoms with Gasteiger partial charge in [0.05, 0.1) is 17.9 Å². The number of benzodiazepines with no additional fused rings is 1. The number of carbonyl (C=O) groups is 2. The van der Waals surface area contributed by atoms with Crippen molar-refractivity contribution in [2.45, 2.75) is 12.7 Å². The van der Waals surface area contributed by atoms with E-state index in [1.807, 2.05) is 72.8 Å². The van der Waals surface area contributed by atoms with Gasteiger partial charge in [0.15, 0.2) is 5.76 Å². The van der Waals surface area contributed by atoms with E-state index in [-0.39, 0.29) is 12.3 Å². The lowest BCUT2D eigenvalue weighted by Crippen LogP contribution is -2.47. The van der Waals surface area contributed by atoms with E-state index in [4.69, 9.17) is 9.52 Å². The maximum absolute atomic E-state index is 13.9. The molecule has 6 rings (SSSR count). The Balaban J connectivity index is 1.44. The SMILES string of the molecule is O=C(N[C@H]1N=C(c2ccccc2)c2ccccc2N(Cc2cc(=O)[nH]o2)C1=O)c1cc2ccccc2[nH]1. The molecule has 3 heterocycles. The van der Waals surface area contributed by atoms with Crippen molar-refractivity contribution in [3.05, 3.63) is 124 Å². The highest BCUT2D eigenvalue weighted by molar-refractivity contribution is 6.20. The molecule has 9 nitrogen and oxygen atoms in total. The van der Waals surface area contributed by atoms with Gasteiger partial charge in [-0.15, -0.1) is 0 Å². The number of fused-ring (bicyclic) bond motifs is 2. The average Bonchev–Trinajstić information content (AvgIpc) is 3.53. The van der Waals surface area contributed by atoms with Crippen molar-refractivity contribution in [1.29, 1.82) is 0 Å². The molecule has 1 aliphatic rings. The number of aromatic amines is 2. The topological polar surface area (TPSA) is 124 Å². The number of aliphatic imine (C=N–C) groups is 1. The first-order chi connectivity index (χ1) is 18.1. The number of H-pyrrole nitrogens is 2. The van der Waals surface area contributed by atoms with E-state index in [2.05, 4.69) is 15.5 Å².